The third-order valence-corrected chi connectivity index (χ3v) is 6.68. The van der Waals surface area contributed by atoms with Crippen LogP contribution in [0.1, 0.15) is 49.5 Å². The van der Waals surface area contributed by atoms with Crippen molar-refractivity contribution >= 4 is 40.4 Å². The second-order valence-electron chi connectivity index (χ2n) is 7.26. The zero-order valence-electron chi connectivity index (χ0n) is 16.5. The van der Waals surface area contributed by atoms with E-state index in [1.165, 1.54) is 11.3 Å². The number of likely N-dealkylation sites (tertiary alicyclic amines) is 1. The normalized spacial score (nSPS) is 14.5. The van der Waals surface area contributed by atoms with Crippen molar-refractivity contribution in [3.05, 3.63) is 74.7 Å². The molecule has 3 aromatic rings. The molecule has 4 rings (SSSR count). The lowest BCUT2D eigenvalue weighted by Gasteiger charge is -2.31. The lowest BCUT2D eigenvalue weighted by molar-refractivity contribution is 0.0713. The van der Waals surface area contributed by atoms with E-state index >= 15 is 0 Å². The van der Waals surface area contributed by atoms with Crippen molar-refractivity contribution in [2.24, 2.45) is 0 Å². The standard InChI is InChI=1S/C22H21ClN4O2S/c1-14-6-2-5-9-18(14)24-19(28)21-26-25-20(30-21)15-10-12-27(13-11-15)22(29)16-7-3-4-8-17(16)23/h2-9,15H,10-13H2,1H3,(H,24,28). The Morgan fingerprint density at radius 3 is 2.50 bits per heavy atom. The zero-order chi connectivity index (χ0) is 21.1. The van der Waals surface area contributed by atoms with E-state index in [9.17, 15) is 9.59 Å². The number of hydrogen-bond donors (Lipinski definition) is 1. The first kappa shape index (κ1) is 20.5. The van der Waals surface area contributed by atoms with Gasteiger partial charge in [-0.1, -0.05) is 53.3 Å². The second kappa shape index (κ2) is 8.93. The van der Waals surface area contributed by atoms with Crippen molar-refractivity contribution in [1.29, 1.82) is 0 Å². The van der Waals surface area contributed by atoms with Gasteiger partial charge in [-0.25, -0.2) is 0 Å². The second-order valence-corrected chi connectivity index (χ2v) is 8.68. The molecule has 6 nitrogen and oxygen atoms in total. The Balaban J connectivity index is 1.37. The third-order valence-electron chi connectivity index (χ3n) is 5.26. The Bertz CT molecular complexity index is 1080. The molecule has 0 atom stereocenters. The molecule has 1 fully saturated rings. The first-order valence-electron chi connectivity index (χ1n) is 9.77. The van der Waals surface area contributed by atoms with E-state index in [2.05, 4.69) is 15.5 Å². The van der Waals surface area contributed by atoms with E-state index in [-0.39, 0.29) is 17.7 Å². The summed E-state index contributed by atoms with van der Waals surface area (Å²) in [5.41, 5.74) is 2.29. The van der Waals surface area contributed by atoms with Crippen LogP contribution in [-0.2, 0) is 0 Å². The minimum absolute atomic E-state index is 0.0467. The summed E-state index contributed by atoms with van der Waals surface area (Å²) in [6, 6.07) is 14.7. The number of nitrogens with zero attached hydrogens (tertiary/aromatic N) is 3. The predicted octanol–water partition coefficient (Wildman–Crippen LogP) is 4.77. The molecule has 1 N–H and O–H groups in total. The van der Waals surface area contributed by atoms with Gasteiger partial charge < -0.3 is 10.2 Å². The Hall–Kier alpha value is -2.77. The Morgan fingerprint density at radius 1 is 1.07 bits per heavy atom. The van der Waals surface area contributed by atoms with Crippen LogP contribution in [-0.4, -0.2) is 40.0 Å². The molecule has 2 amide bonds. The number of carbonyl (C=O) groups excluding carboxylic acids is 2. The van der Waals surface area contributed by atoms with Gasteiger partial charge in [-0.3, -0.25) is 9.59 Å². The number of benzene rings is 2. The van der Waals surface area contributed by atoms with Crippen molar-refractivity contribution in [3.8, 4) is 0 Å². The summed E-state index contributed by atoms with van der Waals surface area (Å²) in [4.78, 5) is 27.1. The number of amides is 2. The quantitative estimate of drug-likeness (QED) is 0.633. The fraction of sp³-hybridized carbons (Fsp3) is 0.273. The van der Waals surface area contributed by atoms with Crippen LogP contribution in [0.4, 0.5) is 5.69 Å². The fourth-order valence-electron chi connectivity index (χ4n) is 3.51. The van der Waals surface area contributed by atoms with Gasteiger partial charge in [0.05, 0.1) is 10.6 Å². The van der Waals surface area contributed by atoms with Crippen LogP contribution in [0.2, 0.25) is 5.02 Å². The van der Waals surface area contributed by atoms with Crippen LogP contribution >= 0.6 is 22.9 Å². The number of nitrogens with one attached hydrogen (secondary N) is 1. The number of para-hydroxylation sites is 1. The van der Waals surface area contributed by atoms with Crippen LogP contribution in [0.3, 0.4) is 0 Å². The van der Waals surface area contributed by atoms with Crippen molar-refractivity contribution in [1.82, 2.24) is 15.1 Å². The van der Waals surface area contributed by atoms with Gasteiger partial charge in [0.15, 0.2) is 0 Å². The zero-order valence-corrected chi connectivity index (χ0v) is 18.0. The summed E-state index contributed by atoms with van der Waals surface area (Å²) in [5.74, 6) is -0.105. The average molecular weight is 441 g/mol. The topological polar surface area (TPSA) is 75.2 Å². The van der Waals surface area contributed by atoms with Gasteiger partial charge in [0.2, 0.25) is 5.01 Å². The van der Waals surface area contributed by atoms with Gasteiger partial charge in [0.25, 0.3) is 11.8 Å². The Kier molecular flexibility index (Phi) is 6.11. The van der Waals surface area contributed by atoms with Gasteiger partial charge in [-0.2, -0.15) is 0 Å². The number of rotatable bonds is 4. The highest BCUT2D eigenvalue weighted by atomic mass is 35.5. The monoisotopic (exact) mass is 440 g/mol. The molecule has 0 aliphatic carbocycles. The van der Waals surface area contributed by atoms with Gasteiger partial charge in [-0.05, 0) is 43.5 Å². The molecule has 0 spiro atoms. The van der Waals surface area contributed by atoms with E-state index in [4.69, 9.17) is 11.6 Å². The first-order valence-corrected chi connectivity index (χ1v) is 11.0. The highest BCUT2D eigenvalue weighted by molar-refractivity contribution is 7.13. The summed E-state index contributed by atoms with van der Waals surface area (Å²) >= 11 is 7.48. The molecule has 0 unspecified atom stereocenters. The van der Waals surface area contributed by atoms with Crippen LogP contribution in [0.5, 0.6) is 0 Å². The maximum absolute atomic E-state index is 12.7. The maximum Gasteiger partial charge on any atom is 0.286 e. The largest absolute Gasteiger partial charge is 0.339 e. The number of halogens is 1. The number of carbonyl (C=O) groups is 2. The predicted molar refractivity (Wildman–Crippen MR) is 118 cm³/mol. The molecule has 1 aliphatic rings. The summed E-state index contributed by atoms with van der Waals surface area (Å²) in [5, 5.41) is 12.9. The Labute approximate surface area is 183 Å². The number of aromatic nitrogens is 2. The summed E-state index contributed by atoms with van der Waals surface area (Å²) in [7, 11) is 0. The summed E-state index contributed by atoms with van der Waals surface area (Å²) in [6.45, 7) is 3.19. The van der Waals surface area contributed by atoms with E-state index < -0.39 is 0 Å². The van der Waals surface area contributed by atoms with E-state index in [0.717, 1.165) is 29.1 Å². The van der Waals surface area contributed by atoms with Crippen molar-refractivity contribution in [2.75, 3.05) is 18.4 Å². The molecule has 2 heterocycles. The molecule has 30 heavy (non-hydrogen) atoms. The molecule has 1 aromatic heterocycles. The highest BCUT2D eigenvalue weighted by Crippen LogP contribution is 2.31. The van der Waals surface area contributed by atoms with E-state index in [0.29, 0.717) is 28.7 Å². The molecular formula is C22H21ClN4O2S. The van der Waals surface area contributed by atoms with Crippen LogP contribution in [0.25, 0.3) is 0 Å². The van der Waals surface area contributed by atoms with Crippen LogP contribution in [0.15, 0.2) is 48.5 Å². The number of hydrogen-bond acceptors (Lipinski definition) is 5. The van der Waals surface area contributed by atoms with Crippen LogP contribution in [0, 0.1) is 6.92 Å². The maximum atomic E-state index is 12.7. The lowest BCUT2D eigenvalue weighted by Crippen LogP contribution is -2.38. The first-order chi connectivity index (χ1) is 14.5. The van der Waals surface area contributed by atoms with Crippen LogP contribution < -0.4 is 5.32 Å². The average Bonchev–Trinajstić information content (AvgIpc) is 3.26. The molecule has 0 saturated carbocycles. The van der Waals surface area contributed by atoms with E-state index in [1.54, 1.807) is 12.1 Å². The minimum Gasteiger partial charge on any atom is -0.339 e. The van der Waals surface area contributed by atoms with Gasteiger partial charge in [0.1, 0.15) is 5.01 Å². The number of piperidine rings is 1. The molecule has 1 saturated heterocycles. The molecule has 154 valence electrons. The summed E-state index contributed by atoms with van der Waals surface area (Å²) < 4.78 is 0. The molecular weight excluding hydrogens is 420 g/mol. The van der Waals surface area contributed by atoms with Gasteiger partial charge >= 0.3 is 0 Å². The fourth-order valence-corrected chi connectivity index (χ4v) is 4.64. The third kappa shape index (κ3) is 4.37. The van der Waals surface area contributed by atoms with Gasteiger partial charge in [-0.15, -0.1) is 10.2 Å². The smallest absolute Gasteiger partial charge is 0.286 e. The summed E-state index contributed by atoms with van der Waals surface area (Å²) in [6.07, 6.45) is 1.56. The molecule has 0 radical (unpaired) electrons. The lowest BCUT2D eigenvalue weighted by atomic mass is 9.97. The molecule has 2 aromatic carbocycles. The SMILES string of the molecule is Cc1ccccc1NC(=O)c1nnc(C2CCN(C(=O)c3ccccc3Cl)CC2)s1. The van der Waals surface area contributed by atoms with E-state index in [1.807, 2.05) is 48.2 Å². The van der Waals surface area contributed by atoms with Crippen molar-refractivity contribution in [2.45, 2.75) is 25.7 Å². The minimum atomic E-state index is -0.251. The van der Waals surface area contributed by atoms with Crippen molar-refractivity contribution in [3.63, 3.8) is 0 Å². The van der Waals surface area contributed by atoms with Gasteiger partial charge in [0, 0.05) is 24.7 Å². The number of aryl methyl sites for hydroxylation is 1. The highest BCUT2D eigenvalue weighted by Gasteiger charge is 2.28. The molecule has 8 heteroatoms. The van der Waals surface area contributed by atoms with Crippen molar-refractivity contribution < 1.29 is 9.59 Å². The Morgan fingerprint density at radius 2 is 1.77 bits per heavy atom. The molecule has 0 bridgehead atoms. The molecule has 1 aliphatic heterocycles. The number of anilines is 1.